The summed E-state index contributed by atoms with van der Waals surface area (Å²) in [5.74, 6) is 1.85. The Morgan fingerprint density at radius 1 is 1.18 bits per heavy atom. The van der Waals surface area contributed by atoms with Crippen LogP contribution in [-0.2, 0) is 20.8 Å². The van der Waals surface area contributed by atoms with Crippen LogP contribution in [0.25, 0.3) is 0 Å². The van der Waals surface area contributed by atoms with Crippen molar-refractivity contribution in [1.82, 2.24) is 20.9 Å². The molecule has 1 aliphatic heterocycles. The summed E-state index contributed by atoms with van der Waals surface area (Å²) in [6.45, 7) is 2.49. The molecule has 0 saturated carbocycles. The summed E-state index contributed by atoms with van der Waals surface area (Å²) in [6, 6.07) is 6.42. The fraction of sp³-hybridized carbons (Fsp3) is 0.577. The van der Waals surface area contributed by atoms with Crippen LogP contribution in [0.15, 0.2) is 24.3 Å². The molecule has 8 heteroatoms. The molecular formula is C26H37ClN4O3. The maximum atomic E-state index is 13.4. The van der Waals surface area contributed by atoms with Gasteiger partial charge < -0.3 is 20.9 Å². The van der Waals surface area contributed by atoms with Crippen LogP contribution < -0.4 is 16.0 Å². The average Bonchev–Trinajstić information content (AvgIpc) is 3.32. The van der Waals surface area contributed by atoms with Gasteiger partial charge in [-0.05, 0) is 56.7 Å². The van der Waals surface area contributed by atoms with Gasteiger partial charge in [0.15, 0.2) is 0 Å². The molecule has 1 aromatic carbocycles. The Hall–Kier alpha value is -2.56. The second kappa shape index (κ2) is 13.4. The van der Waals surface area contributed by atoms with E-state index in [0.717, 1.165) is 32.1 Å². The van der Waals surface area contributed by atoms with Crippen LogP contribution in [0.4, 0.5) is 0 Å². The average molecular weight is 489 g/mol. The monoisotopic (exact) mass is 488 g/mol. The molecule has 0 unspecified atom stereocenters. The van der Waals surface area contributed by atoms with E-state index in [9.17, 15) is 14.4 Å². The highest BCUT2D eigenvalue weighted by atomic mass is 35.5. The predicted octanol–water partition coefficient (Wildman–Crippen LogP) is 2.49. The second-order valence-electron chi connectivity index (χ2n) is 8.94. The fourth-order valence-electron chi connectivity index (χ4n) is 4.96. The summed E-state index contributed by atoms with van der Waals surface area (Å²) < 4.78 is 0. The smallest absolute Gasteiger partial charge is 0.246 e. The van der Waals surface area contributed by atoms with Crippen LogP contribution in [-0.4, -0.2) is 54.3 Å². The molecule has 1 saturated heterocycles. The van der Waals surface area contributed by atoms with Crippen LogP contribution >= 0.6 is 12.4 Å². The zero-order valence-electron chi connectivity index (χ0n) is 20.1. The third kappa shape index (κ3) is 6.52. The summed E-state index contributed by atoms with van der Waals surface area (Å²) in [6.07, 6.45) is 11.4. The lowest BCUT2D eigenvalue weighted by molar-refractivity contribution is -0.141. The van der Waals surface area contributed by atoms with Crippen molar-refractivity contribution in [1.29, 1.82) is 0 Å². The molecule has 34 heavy (non-hydrogen) atoms. The first kappa shape index (κ1) is 27.7. The van der Waals surface area contributed by atoms with Gasteiger partial charge in [-0.1, -0.05) is 37.6 Å². The maximum Gasteiger partial charge on any atom is 0.246 e. The van der Waals surface area contributed by atoms with E-state index in [-0.39, 0.29) is 48.6 Å². The SMILES string of the molecule is C#CC[C@H](NC(=O)[C@H](CCC)NC)C(=O)N1CCC[C@H]1C(=O)N[C@@H]1CCCc2ccccc21.Cl. The Morgan fingerprint density at radius 2 is 1.94 bits per heavy atom. The first-order valence-corrected chi connectivity index (χ1v) is 12.1. The van der Waals surface area contributed by atoms with Crippen molar-refractivity contribution < 1.29 is 14.4 Å². The number of benzene rings is 1. The molecule has 0 aromatic heterocycles. The molecular weight excluding hydrogens is 452 g/mol. The Balaban J connectivity index is 0.00000408. The minimum absolute atomic E-state index is 0. The van der Waals surface area contributed by atoms with Crippen molar-refractivity contribution in [2.24, 2.45) is 0 Å². The van der Waals surface area contributed by atoms with Gasteiger partial charge in [0.2, 0.25) is 17.7 Å². The second-order valence-corrected chi connectivity index (χ2v) is 8.94. The first-order valence-electron chi connectivity index (χ1n) is 12.1. The van der Waals surface area contributed by atoms with Crippen LogP contribution in [0.1, 0.15) is 69.0 Å². The van der Waals surface area contributed by atoms with Crippen LogP contribution in [0.5, 0.6) is 0 Å². The number of nitrogens with one attached hydrogen (secondary N) is 3. The normalized spacial score (nSPS) is 20.8. The van der Waals surface area contributed by atoms with Gasteiger partial charge in [-0.2, -0.15) is 0 Å². The molecule has 0 spiro atoms. The predicted molar refractivity (Wildman–Crippen MR) is 135 cm³/mol. The lowest BCUT2D eigenvalue weighted by Crippen LogP contribution is -2.56. The van der Waals surface area contributed by atoms with Gasteiger partial charge in [0.1, 0.15) is 12.1 Å². The molecule has 3 rings (SSSR count). The molecule has 3 amide bonds. The van der Waals surface area contributed by atoms with Crippen molar-refractivity contribution >= 4 is 30.1 Å². The standard InChI is InChI=1S/C26H36N4O3.ClH/c1-4-10-21(27-3)24(31)29-22(11-5-2)26(33)30-17-9-16-23(30)25(32)28-20-15-8-13-18-12-6-7-14-19(18)20;/h2,6-7,12,14,20-23,27H,4,8-11,13,15-17H2,1,3H3,(H,28,32)(H,29,31);1H/t20-,21+,22+,23+;/m1./s1. The minimum atomic E-state index is -0.834. The number of fused-ring (bicyclic) bond motifs is 1. The number of likely N-dealkylation sites (N-methyl/N-ethyl adjacent to an activating group) is 1. The molecule has 4 atom stereocenters. The minimum Gasteiger partial charge on any atom is -0.347 e. The molecule has 1 aliphatic carbocycles. The van der Waals surface area contributed by atoms with E-state index in [1.165, 1.54) is 11.1 Å². The zero-order chi connectivity index (χ0) is 23.8. The molecule has 2 aliphatic rings. The number of aryl methyl sites for hydroxylation is 1. The number of halogens is 1. The molecule has 186 valence electrons. The van der Waals surface area contributed by atoms with E-state index < -0.39 is 12.1 Å². The van der Waals surface area contributed by atoms with Crippen molar-refractivity contribution in [2.75, 3.05) is 13.6 Å². The van der Waals surface area contributed by atoms with E-state index in [1.807, 2.05) is 19.1 Å². The van der Waals surface area contributed by atoms with E-state index >= 15 is 0 Å². The van der Waals surface area contributed by atoms with Crippen molar-refractivity contribution in [2.45, 2.75) is 82.5 Å². The van der Waals surface area contributed by atoms with Crippen molar-refractivity contribution in [3.05, 3.63) is 35.4 Å². The van der Waals surface area contributed by atoms with Crippen LogP contribution in [0.2, 0.25) is 0 Å². The Morgan fingerprint density at radius 3 is 2.65 bits per heavy atom. The Kier molecular flexibility index (Phi) is 10.9. The highest BCUT2D eigenvalue weighted by Crippen LogP contribution is 2.30. The molecule has 1 fully saturated rings. The van der Waals surface area contributed by atoms with Gasteiger partial charge in [0.25, 0.3) is 0 Å². The number of amides is 3. The summed E-state index contributed by atoms with van der Waals surface area (Å²) in [7, 11) is 1.72. The van der Waals surface area contributed by atoms with Gasteiger partial charge in [-0.15, -0.1) is 24.8 Å². The first-order chi connectivity index (χ1) is 16.0. The Bertz CT molecular complexity index is 900. The van der Waals surface area contributed by atoms with Crippen molar-refractivity contribution in [3.63, 3.8) is 0 Å². The summed E-state index contributed by atoms with van der Waals surface area (Å²) in [5, 5.41) is 8.99. The fourth-order valence-corrected chi connectivity index (χ4v) is 4.96. The number of terminal acetylenes is 1. The third-order valence-electron chi connectivity index (χ3n) is 6.70. The topological polar surface area (TPSA) is 90.5 Å². The lowest BCUT2D eigenvalue weighted by Gasteiger charge is -2.31. The third-order valence-corrected chi connectivity index (χ3v) is 6.70. The highest BCUT2D eigenvalue weighted by Gasteiger charge is 2.38. The van der Waals surface area contributed by atoms with Gasteiger partial charge in [0.05, 0.1) is 12.1 Å². The number of likely N-dealkylation sites (tertiary alicyclic amines) is 1. The van der Waals surface area contributed by atoms with Gasteiger partial charge in [0, 0.05) is 13.0 Å². The van der Waals surface area contributed by atoms with Crippen LogP contribution in [0.3, 0.4) is 0 Å². The molecule has 0 bridgehead atoms. The number of hydrogen-bond donors (Lipinski definition) is 3. The van der Waals surface area contributed by atoms with Crippen LogP contribution in [0, 0.1) is 12.3 Å². The van der Waals surface area contributed by atoms with E-state index in [0.29, 0.717) is 19.4 Å². The number of hydrogen-bond acceptors (Lipinski definition) is 4. The van der Waals surface area contributed by atoms with Gasteiger partial charge >= 0.3 is 0 Å². The molecule has 0 radical (unpaired) electrons. The van der Waals surface area contributed by atoms with E-state index in [2.05, 4.69) is 34.0 Å². The number of rotatable bonds is 9. The number of nitrogens with zero attached hydrogens (tertiary/aromatic N) is 1. The van der Waals surface area contributed by atoms with Gasteiger partial charge in [-0.3, -0.25) is 14.4 Å². The van der Waals surface area contributed by atoms with E-state index in [1.54, 1.807) is 11.9 Å². The molecule has 7 nitrogen and oxygen atoms in total. The van der Waals surface area contributed by atoms with Crippen molar-refractivity contribution in [3.8, 4) is 12.3 Å². The maximum absolute atomic E-state index is 13.4. The highest BCUT2D eigenvalue weighted by molar-refractivity contribution is 5.93. The molecule has 1 aromatic rings. The number of carbonyl (C=O) groups excluding carboxylic acids is 3. The Labute approximate surface area is 209 Å². The zero-order valence-corrected chi connectivity index (χ0v) is 21.0. The molecule has 1 heterocycles. The largest absolute Gasteiger partial charge is 0.347 e. The van der Waals surface area contributed by atoms with E-state index in [4.69, 9.17) is 6.42 Å². The summed E-state index contributed by atoms with van der Waals surface area (Å²) >= 11 is 0. The van der Waals surface area contributed by atoms with Gasteiger partial charge in [-0.25, -0.2) is 0 Å². The summed E-state index contributed by atoms with van der Waals surface area (Å²) in [5.41, 5.74) is 2.44. The summed E-state index contributed by atoms with van der Waals surface area (Å²) in [4.78, 5) is 40.9. The quantitative estimate of drug-likeness (QED) is 0.466. The lowest BCUT2D eigenvalue weighted by atomic mass is 9.87. The molecule has 3 N–H and O–H groups in total. The number of carbonyl (C=O) groups is 3.